The van der Waals surface area contributed by atoms with Gasteiger partial charge in [0.2, 0.25) is 0 Å². The van der Waals surface area contributed by atoms with Crippen LogP contribution in [0, 0.1) is 22.7 Å². The first-order chi connectivity index (χ1) is 8.98. The van der Waals surface area contributed by atoms with Gasteiger partial charge in [0.15, 0.2) is 5.78 Å². The smallest absolute Gasteiger partial charge is 0.189 e. The number of rotatable bonds is 2. The fraction of sp³-hybridized carbons (Fsp3) is 0.750. The van der Waals surface area contributed by atoms with E-state index in [0.29, 0.717) is 16.9 Å². The molecule has 4 bridgehead atoms. The molecule has 3 heteroatoms. The lowest BCUT2D eigenvalue weighted by molar-refractivity contribution is -0.0822. The van der Waals surface area contributed by atoms with Crippen molar-refractivity contribution in [2.75, 3.05) is 0 Å². The van der Waals surface area contributed by atoms with Crippen molar-refractivity contribution in [1.29, 1.82) is 0 Å². The molecule has 4 aliphatic rings. The molecule has 4 aliphatic carbocycles. The number of carbonyl (C=O) groups is 1. The minimum atomic E-state index is -0.0762. The average Bonchev–Trinajstić information content (AvgIpc) is 2.71. The van der Waals surface area contributed by atoms with Crippen LogP contribution >= 0.6 is 0 Å². The second kappa shape index (κ2) is 3.50. The van der Waals surface area contributed by atoms with E-state index in [9.17, 15) is 4.79 Å². The number of hydrogen-bond donors (Lipinski definition) is 0. The lowest BCUT2D eigenvalue weighted by Crippen LogP contribution is -2.54. The first kappa shape index (κ1) is 11.7. The van der Waals surface area contributed by atoms with Crippen LogP contribution in [0.4, 0.5) is 0 Å². The standard InChI is InChI=1S/C16H22N2O/c1-15-6-11-5-12(7-15)9-16(8-11,10-15)14(19)13-3-4-18(2)17-13/h3-4,11-12H,5-10H2,1-2H3. The van der Waals surface area contributed by atoms with Crippen LogP contribution in [-0.2, 0) is 7.05 Å². The Bertz CT molecular complexity index is 531. The number of Topliss-reactive ketones (excluding diaryl/α,β-unsaturated/α-hetero) is 1. The maximum absolute atomic E-state index is 13.0. The normalized spacial score (nSPS) is 43.7. The molecule has 5 rings (SSSR count). The third kappa shape index (κ3) is 1.63. The Kier molecular flexibility index (Phi) is 2.15. The molecule has 0 radical (unpaired) electrons. The first-order valence-corrected chi connectivity index (χ1v) is 7.53. The lowest BCUT2D eigenvalue weighted by Gasteiger charge is -2.60. The van der Waals surface area contributed by atoms with E-state index in [2.05, 4.69) is 12.0 Å². The van der Waals surface area contributed by atoms with Crippen LogP contribution in [0.5, 0.6) is 0 Å². The monoisotopic (exact) mass is 258 g/mol. The predicted molar refractivity (Wildman–Crippen MR) is 72.8 cm³/mol. The van der Waals surface area contributed by atoms with Gasteiger partial charge in [-0.05, 0) is 61.8 Å². The lowest BCUT2D eigenvalue weighted by atomic mass is 9.43. The van der Waals surface area contributed by atoms with E-state index in [4.69, 9.17) is 0 Å². The summed E-state index contributed by atoms with van der Waals surface area (Å²) in [6.07, 6.45) is 9.29. The van der Waals surface area contributed by atoms with Gasteiger partial charge in [-0.25, -0.2) is 0 Å². The van der Waals surface area contributed by atoms with Crippen molar-refractivity contribution in [3.63, 3.8) is 0 Å². The van der Waals surface area contributed by atoms with Crippen LogP contribution in [-0.4, -0.2) is 15.6 Å². The molecule has 2 atom stereocenters. The molecule has 102 valence electrons. The van der Waals surface area contributed by atoms with Gasteiger partial charge in [0.1, 0.15) is 5.69 Å². The van der Waals surface area contributed by atoms with Gasteiger partial charge < -0.3 is 0 Å². The molecular weight excluding hydrogens is 236 g/mol. The highest BCUT2D eigenvalue weighted by molar-refractivity contribution is 5.99. The minimum Gasteiger partial charge on any atom is -0.292 e. The topological polar surface area (TPSA) is 34.9 Å². The number of hydrogen-bond acceptors (Lipinski definition) is 2. The molecule has 0 aromatic carbocycles. The molecule has 3 nitrogen and oxygen atoms in total. The van der Waals surface area contributed by atoms with E-state index in [0.717, 1.165) is 31.1 Å². The SMILES string of the molecule is Cn1ccc(C(=O)C23CC4CC(CC(C)(C4)C2)C3)n1. The first-order valence-electron chi connectivity index (χ1n) is 7.53. The summed E-state index contributed by atoms with van der Waals surface area (Å²) in [5.41, 5.74) is 1.04. The largest absolute Gasteiger partial charge is 0.292 e. The highest BCUT2D eigenvalue weighted by atomic mass is 16.1. The second-order valence-electron chi connectivity index (χ2n) is 7.76. The van der Waals surface area contributed by atoms with Crippen molar-refractivity contribution in [3.8, 4) is 0 Å². The zero-order chi connectivity index (χ0) is 13.3. The Morgan fingerprint density at radius 3 is 2.53 bits per heavy atom. The molecule has 1 aromatic rings. The van der Waals surface area contributed by atoms with Gasteiger partial charge in [0.05, 0.1) is 0 Å². The average molecular weight is 258 g/mol. The van der Waals surface area contributed by atoms with Gasteiger partial charge in [-0.3, -0.25) is 9.48 Å². The second-order valence-corrected chi connectivity index (χ2v) is 7.76. The molecule has 2 unspecified atom stereocenters. The maximum atomic E-state index is 13.0. The number of ketones is 1. The molecule has 19 heavy (non-hydrogen) atoms. The van der Waals surface area contributed by atoms with Gasteiger partial charge in [-0.2, -0.15) is 5.10 Å². The molecule has 0 spiro atoms. The summed E-state index contributed by atoms with van der Waals surface area (Å²) in [6, 6.07) is 1.89. The highest BCUT2D eigenvalue weighted by Crippen LogP contribution is 2.65. The third-order valence-electron chi connectivity index (χ3n) is 5.78. The zero-order valence-electron chi connectivity index (χ0n) is 11.9. The highest BCUT2D eigenvalue weighted by Gasteiger charge is 2.59. The summed E-state index contributed by atoms with van der Waals surface area (Å²) < 4.78 is 1.75. The third-order valence-corrected chi connectivity index (χ3v) is 5.78. The van der Waals surface area contributed by atoms with E-state index in [1.807, 2.05) is 19.3 Å². The molecular formula is C16H22N2O. The molecule has 1 aromatic heterocycles. The van der Waals surface area contributed by atoms with Crippen LogP contribution in [0.15, 0.2) is 12.3 Å². The van der Waals surface area contributed by atoms with E-state index in [1.165, 1.54) is 19.3 Å². The van der Waals surface area contributed by atoms with E-state index >= 15 is 0 Å². The Morgan fingerprint density at radius 2 is 2.00 bits per heavy atom. The summed E-state index contributed by atoms with van der Waals surface area (Å²) in [5, 5.41) is 4.36. The Balaban J connectivity index is 1.72. The molecule has 0 N–H and O–H groups in total. The molecule has 0 aliphatic heterocycles. The fourth-order valence-electron chi connectivity index (χ4n) is 5.79. The molecule has 4 saturated carbocycles. The Labute approximate surface area is 114 Å². The summed E-state index contributed by atoms with van der Waals surface area (Å²) in [5.74, 6) is 1.91. The van der Waals surface area contributed by atoms with Crippen LogP contribution in [0.25, 0.3) is 0 Å². The maximum Gasteiger partial charge on any atom is 0.189 e. The molecule has 0 amide bonds. The number of aromatic nitrogens is 2. The summed E-state index contributed by atoms with van der Waals surface area (Å²) >= 11 is 0. The fourth-order valence-corrected chi connectivity index (χ4v) is 5.79. The minimum absolute atomic E-state index is 0.0762. The van der Waals surface area contributed by atoms with E-state index in [1.54, 1.807) is 4.68 Å². The van der Waals surface area contributed by atoms with Gasteiger partial charge in [0, 0.05) is 18.7 Å². The van der Waals surface area contributed by atoms with Gasteiger partial charge >= 0.3 is 0 Å². The molecule has 1 heterocycles. The van der Waals surface area contributed by atoms with Crippen LogP contribution in [0.1, 0.15) is 55.9 Å². The van der Waals surface area contributed by atoms with Crippen molar-refractivity contribution in [1.82, 2.24) is 9.78 Å². The molecule has 0 saturated heterocycles. The van der Waals surface area contributed by atoms with Crippen LogP contribution in [0.3, 0.4) is 0 Å². The van der Waals surface area contributed by atoms with E-state index < -0.39 is 0 Å². The van der Waals surface area contributed by atoms with Gasteiger partial charge in [-0.15, -0.1) is 0 Å². The zero-order valence-corrected chi connectivity index (χ0v) is 11.9. The summed E-state index contributed by atoms with van der Waals surface area (Å²) in [7, 11) is 1.89. The van der Waals surface area contributed by atoms with Crippen LogP contribution < -0.4 is 0 Å². The van der Waals surface area contributed by atoms with Crippen molar-refractivity contribution in [2.24, 2.45) is 29.7 Å². The van der Waals surface area contributed by atoms with Crippen molar-refractivity contribution >= 4 is 5.78 Å². The molecule has 4 fully saturated rings. The van der Waals surface area contributed by atoms with Crippen LogP contribution in [0.2, 0.25) is 0 Å². The van der Waals surface area contributed by atoms with Crippen molar-refractivity contribution < 1.29 is 4.79 Å². The van der Waals surface area contributed by atoms with Crippen molar-refractivity contribution in [3.05, 3.63) is 18.0 Å². The quantitative estimate of drug-likeness (QED) is 0.763. The van der Waals surface area contributed by atoms with Gasteiger partial charge in [-0.1, -0.05) is 6.92 Å². The Hall–Kier alpha value is -1.12. The van der Waals surface area contributed by atoms with Gasteiger partial charge in [0.25, 0.3) is 0 Å². The number of aryl methyl sites for hydroxylation is 1. The van der Waals surface area contributed by atoms with E-state index in [-0.39, 0.29) is 5.41 Å². The number of carbonyl (C=O) groups excluding carboxylic acids is 1. The summed E-state index contributed by atoms with van der Waals surface area (Å²) in [4.78, 5) is 13.0. The summed E-state index contributed by atoms with van der Waals surface area (Å²) in [6.45, 7) is 2.41. The predicted octanol–water partition coefficient (Wildman–Crippen LogP) is 3.21. The number of nitrogens with zero attached hydrogens (tertiary/aromatic N) is 2. The Morgan fingerprint density at radius 1 is 1.32 bits per heavy atom. The van der Waals surface area contributed by atoms with Crippen molar-refractivity contribution in [2.45, 2.75) is 45.4 Å².